The fraction of sp³-hybridized carbons (Fsp3) is 0.500. The molecule has 9 heteroatoms. The third kappa shape index (κ3) is 10.2. The van der Waals surface area contributed by atoms with Gasteiger partial charge in [0.2, 0.25) is 0 Å². The minimum atomic E-state index is -0.907. The number of anilines is 1. The first-order valence-corrected chi connectivity index (χ1v) is 15.9. The molecule has 1 aliphatic rings. The summed E-state index contributed by atoms with van der Waals surface area (Å²) in [5.74, 6) is -0.430. The fourth-order valence-corrected chi connectivity index (χ4v) is 5.58. The molecule has 1 fully saturated rings. The first kappa shape index (κ1) is 34.3. The summed E-state index contributed by atoms with van der Waals surface area (Å²) in [5, 5.41) is 10.0. The third-order valence-electron chi connectivity index (χ3n) is 8.20. The van der Waals surface area contributed by atoms with E-state index in [1.807, 2.05) is 38.1 Å². The first-order valence-electron chi connectivity index (χ1n) is 15.9. The van der Waals surface area contributed by atoms with Gasteiger partial charge in [0.25, 0.3) is 0 Å². The zero-order valence-electron chi connectivity index (χ0n) is 27.1. The molecule has 1 saturated heterocycles. The molecule has 0 atom stereocenters. The van der Waals surface area contributed by atoms with Crippen LogP contribution in [-0.4, -0.2) is 68.8 Å². The number of halogens is 1. The quantitative estimate of drug-likeness (QED) is 0.168. The number of aryl methyl sites for hydroxylation is 1. The Morgan fingerprint density at radius 1 is 0.933 bits per heavy atom. The van der Waals surface area contributed by atoms with Crippen LogP contribution < -0.4 is 9.64 Å². The molecule has 1 N–H and O–H groups in total. The number of benzene rings is 2. The minimum Gasteiger partial charge on any atom is -0.493 e. The van der Waals surface area contributed by atoms with Gasteiger partial charge in [-0.1, -0.05) is 38.1 Å². The Bertz CT molecular complexity index is 1370. The number of rotatable bonds is 17. The van der Waals surface area contributed by atoms with E-state index in [0.717, 1.165) is 59.8 Å². The van der Waals surface area contributed by atoms with Crippen LogP contribution in [0.15, 0.2) is 48.5 Å². The Hall–Kier alpha value is -3.53. The largest absolute Gasteiger partial charge is 0.493 e. The van der Waals surface area contributed by atoms with Gasteiger partial charge >= 0.3 is 5.97 Å². The number of aliphatic carboxylic acids is 1. The normalized spacial score (nSPS) is 14.5. The molecule has 0 saturated carbocycles. The smallest absolute Gasteiger partial charge is 0.307 e. The number of carbonyl (C=O) groups is 1. The van der Waals surface area contributed by atoms with Crippen LogP contribution >= 0.6 is 0 Å². The number of piperidine rings is 1. The lowest BCUT2D eigenvalue weighted by atomic mass is 9.82. The summed E-state index contributed by atoms with van der Waals surface area (Å²) in [6, 6.07) is 14.3. The fourth-order valence-electron chi connectivity index (χ4n) is 5.58. The molecular weight excluding hydrogens is 575 g/mol. The van der Waals surface area contributed by atoms with E-state index in [1.165, 1.54) is 12.1 Å². The van der Waals surface area contributed by atoms with Crippen molar-refractivity contribution in [2.24, 2.45) is 5.41 Å². The van der Waals surface area contributed by atoms with Gasteiger partial charge < -0.3 is 29.0 Å². The van der Waals surface area contributed by atoms with Gasteiger partial charge in [-0.15, -0.1) is 0 Å². The van der Waals surface area contributed by atoms with Gasteiger partial charge in [0.05, 0.1) is 57.4 Å². The SMILES string of the molecule is CCOCCOCCOCc1nc(C)c(-c2ccc(OCCc3ccc(F)cc3)cc2)c(N2CCC(C)(C)CC2)c1CC(=O)O. The molecule has 0 spiro atoms. The van der Waals surface area contributed by atoms with Crippen LogP contribution in [0.5, 0.6) is 5.75 Å². The number of aromatic nitrogens is 1. The minimum absolute atomic E-state index is 0.149. The molecule has 2 aromatic carbocycles. The molecule has 0 amide bonds. The number of ether oxygens (including phenoxy) is 4. The van der Waals surface area contributed by atoms with Crippen molar-refractivity contribution in [3.8, 4) is 16.9 Å². The second-order valence-corrected chi connectivity index (χ2v) is 12.2. The molecule has 1 aromatic heterocycles. The summed E-state index contributed by atoms with van der Waals surface area (Å²) in [6.45, 7) is 13.3. The first-order chi connectivity index (χ1) is 21.7. The molecule has 3 aromatic rings. The number of hydrogen-bond donors (Lipinski definition) is 1. The van der Waals surface area contributed by atoms with Gasteiger partial charge in [0.1, 0.15) is 11.6 Å². The van der Waals surface area contributed by atoms with Crippen molar-refractivity contribution in [3.05, 3.63) is 76.9 Å². The van der Waals surface area contributed by atoms with Crippen molar-refractivity contribution >= 4 is 11.7 Å². The average molecular weight is 623 g/mol. The predicted molar refractivity (Wildman–Crippen MR) is 174 cm³/mol. The maximum Gasteiger partial charge on any atom is 0.307 e. The van der Waals surface area contributed by atoms with Crippen molar-refractivity contribution < 1.29 is 33.2 Å². The van der Waals surface area contributed by atoms with E-state index in [2.05, 4.69) is 18.7 Å². The van der Waals surface area contributed by atoms with E-state index >= 15 is 0 Å². The summed E-state index contributed by atoms with van der Waals surface area (Å²) < 4.78 is 36.0. The van der Waals surface area contributed by atoms with Gasteiger partial charge in [-0.05, 0) is 67.5 Å². The monoisotopic (exact) mass is 622 g/mol. The molecule has 0 radical (unpaired) electrons. The van der Waals surface area contributed by atoms with Crippen LogP contribution in [0.3, 0.4) is 0 Å². The van der Waals surface area contributed by atoms with Crippen molar-refractivity contribution in [2.45, 2.75) is 60.0 Å². The second kappa shape index (κ2) is 16.7. The Morgan fingerprint density at radius 2 is 1.58 bits per heavy atom. The number of hydrogen-bond acceptors (Lipinski definition) is 7. The van der Waals surface area contributed by atoms with Gasteiger partial charge in [-0.3, -0.25) is 9.78 Å². The van der Waals surface area contributed by atoms with Crippen molar-refractivity contribution in [1.29, 1.82) is 0 Å². The lowest BCUT2D eigenvalue weighted by molar-refractivity contribution is -0.136. The van der Waals surface area contributed by atoms with E-state index < -0.39 is 5.97 Å². The highest BCUT2D eigenvalue weighted by Gasteiger charge is 2.31. The van der Waals surface area contributed by atoms with Gasteiger partial charge in [-0.25, -0.2) is 4.39 Å². The van der Waals surface area contributed by atoms with Crippen LogP contribution in [0.25, 0.3) is 11.1 Å². The zero-order valence-corrected chi connectivity index (χ0v) is 27.1. The molecule has 1 aliphatic heterocycles. The van der Waals surface area contributed by atoms with E-state index in [0.29, 0.717) is 57.3 Å². The number of carboxylic acids is 1. The third-order valence-corrected chi connectivity index (χ3v) is 8.20. The van der Waals surface area contributed by atoms with E-state index in [4.69, 9.17) is 23.9 Å². The summed E-state index contributed by atoms with van der Waals surface area (Å²) in [4.78, 5) is 19.5. The van der Waals surface area contributed by atoms with Crippen LogP contribution in [0.4, 0.5) is 10.1 Å². The zero-order chi connectivity index (χ0) is 32.2. The molecule has 244 valence electrons. The van der Waals surface area contributed by atoms with Gasteiger partial charge in [0, 0.05) is 42.9 Å². The highest BCUT2D eigenvalue weighted by Crippen LogP contribution is 2.42. The lowest BCUT2D eigenvalue weighted by Crippen LogP contribution is -2.38. The Balaban J connectivity index is 1.57. The molecule has 0 unspecified atom stereocenters. The molecule has 0 bridgehead atoms. The molecule has 8 nitrogen and oxygen atoms in total. The lowest BCUT2D eigenvalue weighted by Gasteiger charge is -2.40. The topological polar surface area (TPSA) is 90.4 Å². The molecule has 2 heterocycles. The summed E-state index contributed by atoms with van der Waals surface area (Å²) >= 11 is 0. The summed E-state index contributed by atoms with van der Waals surface area (Å²) in [6.07, 6.45) is 2.53. The number of carboxylic acid groups (broad SMARTS) is 1. The molecular formula is C36H47FN2O6. The van der Waals surface area contributed by atoms with Gasteiger partial charge in [-0.2, -0.15) is 0 Å². The molecule has 45 heavy (non-hydrogen) atoms. The van der Waals surface area contributed by atoms with Crippen molar-refractivity contribution in [2.75, 3.05) is 57.6 Å². The molecule has 4 rings (SSSR count). The van der Waals surface area contributed by atoms with Crippen molar-refractivity contribution in [1.82, 2.24) is 4.98 Å². The van der Waals surface area contributed by atoms with Crippen LogP contribution in [-0.2, 0) is 38.5 Å². The van der Waals surface area contributed by atoms with Crippen molar-refractivity contribution in [3.63, 3.8) is 0 Å². The standard InChI is InChI=1S/C36H47FN2O6/c1-5-42-20-21-43-22-23-44-25-32-31(24-33(40)41)35(39-17-15-36(3,4)16-18-39)34(26(2)38-32)28-8-12-30(13-9-28)45-19-14-27-6-10-29(37)11-7-27/h6-13H,5,14-25H2,1-4H3,(H,40,41). The van der Waals surface area contributed by atoms with E-state index in [9.17, 15) is 14.3 Å². The highest BCUT2D eigenvalue weighted by molar-refractivity contribution is 5.86. The van der Waals surface area contributed by atoms with E-state index in [1.54, 1.807) is 12.1 Å². The highest BCUT2D eigenvalue weighted by atomic mass is 19.1. The Morgan fingerprint density at radius 3 is 2.22 bits per heavy atom. The summed E-state index contributed by atoms with van der Waals surface area (Å²) in [7, 11) is 0. The van der Waals surface area contributed by atoms with Crippen LogP contribution in [0.2, 0.25) is 0 Å². The number of nitrogens with zero attached hydrogens (tertiary/aromatic N) is 2. The summed E-state index contributed by atoms with van der Waals surface area (Å²) in [5.41, 5.74) is 6.21. The van der Waals surface area contributed by atoms with Crippen LogP contribution in [0.1, 0.15) is 56.1 Å². The predicted octanol–water partition coefficient (Wildman–Crippen LogP) is 6.64. The van der Waals surface area contributed by atoms with E-state index in [-0.39, 0.29) is 24.3 Å². The molecule has 0 aliphatic carbocycles. The Kier molecular flexibility index (Phi) is 12.7. The van der Waals surface area contributed by atoms with Crippen LogP contribution in [0, 0.1) is 18.2 Å². The van der Waals surface area contributed by atoms with Gasteiger partial charge in [0.15, 0.2) is 0 Å². The maximum atomic E-state index is 13.2. The average Bonchev–Trinajstić information content (AvgIpc) is 3.01. The Labute approximate surface area is 266 Å². The second-order valence-electron chi connectivity index (χ2n) is 12.2. The number of pyridine rings is 1. The maximum absolute atomic E-state index is 13.2.